The molecule has 124 valence electrons. The van der Waals surface area contributed by atoms with Crippen molar-refractivity contribution in [3.05, 3.63) is 42.4 Å². The van der Waals surface area contributed by atoms with Gasteiger partial charge in [0.15, 0.2) is 0 Å². The lowest BCUT2D eigenvalue weighted by atomic mass is 9.97. The van der Waals surface area contributed by atoms with Crippen LogP contribution in [0.15, 0.2) is 36.7 Å². The maximum atomic E-state index is 4.42. The van der Waals surface area contributed by atoms with Gasteiger partial charge in [-0.3, -0.25) is 0 Å². The van der Waals surface area contributed by atoms with E-state index in [4.69, 9.17) is 0 Å². The molecule has 1 aliphatic carbocycles. The summed E-state index contributed by atoms with van der Waals surface area (Å²) in [7, 11) is 2.20. The van der Waals surface area contributed by atoms with E-state index in [2.05, 4.69) is 62.5 Å². The van der Waals surface area contributed by atoms with E-state index >= 15 is 0 Å². The van der Waals surface area contributed by atoms with E-state index in [1.165, 1.54) is 26.2 Å². The van der Waals surface area contributed by atoms with E-state index in [1.54, 1.807) is 6.33 Å². The van der Waals surface area contributed by atoms with Crippen LogP contribution in [0, 0.1) is 0 Å². The van der Waals surface area contributed by atoms with Crippen LogP contribution in [-0.4, -0.2) is 66.1 Å². The van der Waals surface area contributed by atoms with Crippen molar-refractivity contribution >= 4 is 5.82 Å². The fraction of sp³-hybridized carbons (Fsp3) is 0.556. The number of hydrogen-bond acceptors (Lipinski definition) is 5. The minimum Gasteiger partial charge on any atom is -0.370 e. The molecule has 1 N–H and O–H groups in total. The third kappa shape index (κ3) is 4.88. The van der Waals surface area contributed by atoms with Crippen molar-refractivity contribution in [1.29, 1.82) is 0 Å². The summed E-state index contributed by atoms with van der Waals surface area (Å²) in [6.07, 6.45) is 12.4. The van der Waals surface area contributed by atoms with E-state index in [0.717, 1.165) is 37.4 Å². The Hall–Kier alpha value is -1.72. The molecule has 1 atom stereocenters. The van der Waals surface area contributed by atoms with Gasteiger partial charge in [0.1, 0.15) is 12.1 Å². The Morgan fingerprint density at radius 2 is 2.04 bits per heavy atom. The first-order valence-corrected chi connectivity index (χ1v) is 8.61. The van der Waals surface area contributed by atoms with Gasteiger partial charge in [0.05, 0.1) is 5.69 Å². The number of allylic oxidation sites excluding steroid dienone is 4. The molecule has 1 saturated heterocycles. The summed E-state index contributed by atoms with van der Waals surface area (Å²) >= 11 is 0. The van der Waals surface area contributed by atoms with Gasteiger partial charge in [-0.25, -0.2) is 9.97 Å². The summed E-state index contributed by atoms with van der Waals surface area (Å²) < 4.78 is 0. The Labute approximate surface area is 139 Å². The van der Waals surface area contributed by atoms with Crippen molar-refractivity contribution in [2.45, 2.75) is 18.8 Å². The number of aromatic nitrogens is 2. The highest BCUT2D eigenvalue weighted by atomic mass is 15.2. The molecule has 2 heterocycles. The number of anilines is 1. The van der Waals surface area contributed by atoms with Gasteiger partial charge in [-0.2, -0.15) is 0 Å². The lowest BCUT2D eigenvalue weighted by molar-refractivity contribution is 0.154. The number of nitrogens with zero attached hydrogens (tertiary/aromatic N) is 4. The monoisotopic (exact) mass is 313 g/mol. The molecule has 0 radical (unpaired) electrons. The fourth-order valence-electron chi connectivity index (χ4n) is 3.06. The second-order valence-electron chi connectivity index (χ2n) is 6.41. The Kier molecular flexibility index (Phi) is 5.77. The minimum atomic E-state index is 0.383. The first kappa shape index (κ1) is 16.1. The SMILES string of the molecule is CN1CCN(CCCNc2cc(C3C=CC=CC3)ncn2)CC1. The lowest BCUT2D eigenvalue weighted by Crippen LogP contribution is -2.44. The molecule has 5 nitrogen and oxygen atoms in total. The van der Waals surface area contributed by atoms with Gasteiger partial charge < -0.3 is 15.1 Å². The van der Waals surface area contributed by atoms with E-state index in [9.17, 15) is 0 Å². The highest BCUT2D eigenvalue weighted by molar-refractivity contribution is 5.37. The Balaban J connectivity index is 1.42. The second-order valence-corrected chi connectivity index (χ2v) is 6.41. The number of hydrogen-bond donors (Lipinski definition) is 1. The van der Waals surface area contributed by atoms with Gasteiger partial charge in [-0.05, 0) is 26.4 Å². The van der Waals surface area contributed by atoms with E-state index in [-0.39, 0.29) is 0 Å². The summed E-state index contributed by atoms with van der Waals surface area (Å²) in [5.41, 5.74) is 1.10. The normalized spacial score (nSPS) is 22.4. The Morgan fingerprint density at radius 1 is 1.17 bits per heavy atom. The van der Waals surface area contributed by atoms with Gasteiger partial charge in [-0.1, -0.05) is 24.3 Å². The highest BCUT2D eigenvalue weighted by Gasteiger charge is 2.13. The summed E-state index contributed by atoms with van der Waals surface area (Å²) in [4.78, 5) is 13.7. The minimum absolute atomic E-state index is 0.383. The van der Waals surface area contributed by atoms with Crippen molar-refractivity contribution in [2.24, 2.45) is 0 Å². The summed E-state index contributed by atoms with van der Waals surface area (Å²) in [6.45, 7) is 6.88. The van der Waals surface area contributed by atoms with Crippen LogP contribution < -0.4 is 5.32 Å². The molecule has 1 fully saturated rings. The molecule has 1 aromatic heterocycles. The zero-order valence-electron chi connectivity index (χ0n) is 14.0. The number of rotatable bonds is 6. The molecule has 0 amide bonds. The van der Waals surface area contributed by atoms with Crippen LogP contribution in [0.5, 0.6) is 0 Å². The van der Waals surface area contributed by atoms with Crippen LogP contribution >= 0.6 is 0 Å². The molecule has 0 bridgehead atoms. The molecule has 0 aromatic carbocycles. The van der Waals surface area contributed by atoms with Crippen LogP contribution in [-0.2, 0) is 0 Å². The topological polar surface area (TPSA) is 44.3 Å². The quantitative estimate of drug-likeness (QED) is 0.815. The zero-order valence-corrected chi connectivity index (χ0v) is 14.0. The van der Waals surface area contributed by atoms with Crippen LogP contribution in [0.1, 0.15) is 24.5 Å². The molecule has 0 saturated carbocycles. The van der Waals surface area contributed by atoms with Gasteiger partial charge in [-0.15, -0.1) is 0 Å². The van der Waals surface area contributed by atoms with Crippen molar-refractivity contribution in [2.75, 3.05) is 51.6 Å². The standard InChI is InChI=1S/C18H27N5/c1-22-10-12-23(13-11-22)9-5-8-19-18-14-17(20-15-21-18)16-6-3-2-4-7-16/h2-4,6,14-16H,5,7-13H2,1H3,(H,19,20,21). The van der Waals surface area contributed by atoms with Crippen LogP contribution in [0.2, 0.25) is 0 Å². The molecular weight excluding hydrogens is 286 g/mol. The largest absolute Gasteiger partial charge is 0.370 e. The molecule has 5 heteroatoms. The highest BCUT2D eigenvalue weighted by Crippen LogP contribution is 2.23. The zero-order chi connectivity index (χ0) is 15.9. The van der Waals surface area contributed by atoms with Crippen molar-refractivity contribution in [3.63, 3.8) is 0 Å². The Bertz CT molecular complexity index is 546. The Morgan fingerprint density at radius 3 is 2.83 bits per heavy atom. The molecule has 2 aliphatic rings. The first-order valence-electron chi connectivity index (χ1n) is 8.61. The number of piperazine rings is 1. The average molecular weight is 313 g/mol. The number of likely N-dealkylation sites (N-methyl/N-ethyl adjacent to an activating group) is 1. The summed E-state index contributed by atoms with van der Waals surface area (Å²) in [5, 5.41) is 3.44. The van der Waals surface area contributed by atoms with E-state index in [0.29, 0.717) is 5.92 Å². The summed E-state index contributed by atoms with van der Waals surface area (Å²) in [6, 6.07) is 2.09. The van der Waals surface area contributed by atoms with Gasteiger partial charge in [0.2, 0.25) is 0 Å². The van der Waals surface area contributed by atoms with Crippen molar-refractivity contribution in [3.8, 4) is 0 Å². The molecule has 3 rings (SSSR count). The third-order valence-corrected chi connectivity index (χ3v) is 4.60. The van der Waals surface area contributed by atoms with Gasteiger partial charge in [0.25, 0.3) is 0 Å². The van der Waals surface area contributed by atoms with E-state index < -0.39 is 0 Å². The molecule has 1 unspecified atom stereocenters. The molecule has 1 aliphatic heterocycles. The maximum Gasteiger partial charge on any atom is 0.129 e. The smallest absolute Gasteiger partial charge is 0.129 e. The fourth-order valence-corrected chi connectivity index (χ4v) is 3.06. The van der Waals surface area contributed by atoms with Crippen LogP contribution in [0.25, 0.3) is 0 Å². The second kappa shape index (κ2) is 8.22. The molecule has 1 aromatic rings. The van der Waals surface area contributed by atoms with Gasteiger partial charge >= 0.3 is 0 Å². The third-order valence-electron chi connectivity index (χ3n) is 4.60. The molecule has 23 heavy (non-hydrogen) atoms. The number of nitrogens with one attached hydrogen (secondary N) is 1. The van der Waals surface area contributed by atoms with Crippen LogP contribution in [0.4, 0.5) is 5.82 Å². The van der Waals surface area contributed by atoms with Crippen molar-refractivity contribution in [1.82, 2.24) is 19.8 Å². The first-order chi connectivity index (χ1) is 11.3. The molecule has 0 spiro atoms. The maximum absolute atomic E-state index is 4.42. The lowest BCUT2D eigenvalue weighted by Gasteiger charge is -2.32. The van der Waals surface area contributed by atoms with E-state index in [1.807, 2.05) is 0 Å². The average Bonchev–Trinajstić information content (AvgIpc) is 2.61. The molecular formula is C18H27N5. The van der Waals surface area contributed by atoms with Crippen LogP contribution in [0.3, 0.4) is 0 Å². The predicted octanol–water partition coefficient (Wildman–Crippen LogP) is 2.13. The predicted molar refractivity (Wildman–Crippen MR) is 94.7 cm³/mol. The van der Waals surface area contributed by atoms with Crippen molar-refractivity contribution < 1.29 is 0 Å². The summed E-state index contributed by atoms with van der Waals surface area (Å²) in [5.74, 6) is 1.32. The van der Waals surface area contributed by atoms with Gasteiger partial charge in [0, 0.05) is 44.7 Å².